The number of Topliss-reactive ketones (excluding diaryl/α,β-unsaturated/α-hetero) is 1. The lowest BCUT2D eigenvalue weighted by atomic mass is 9.80. The maximum absolute atomic E-state index is 14.4. The van der Waals surface area contributed by atoms with Crippen molar-refractivity contribution in [2.24, 2.45) is 0 Å². The molecular weight excluding hydrogens is 697 g/mol. The molecule has 0 amide bonds. The Hall–Kier alpha value is -5.65. The Bertz CT molecular complexity index is 2120. The quantitative estimate of drug-likeness (QED) is 0.0728. The molecule has 5 atom stereocenters. The van der Waals surface area contributed by atoms with Crippen molar-refractivity contribution < 1.29 is 28.5 Å². The largest absolute Gasteiger partial charge is 0.374 e. The Balaban J connectivity index is 1.34. The van der Waals surface area contributed by atoms with Crippen LogP contribution in [0.3, 0.4) is 0 Å². The predicted octanol–water partition coefficient (Wildman–Crippen LogP) is 9.42. The molecule has 0 unspecified atom stereocenters. The molecule has 6 nitrogen and oxygen atoms in total. The van der Waals surface area contributed by atoms with Crippen LogP contribution in [-0.4, -0.2) is 42.4 Å². The lowest BCUT2D eigenvalue weighted by molar-refractivity contribution is -0.291. The summed E-state index contributed by atoms with van der Waals surface area (Å²) in [5.74, 6) is 6.73. The van der Waals surface area contributed by atoms with E-state index in [0.29, 0.717) is 18.8 Å². The third-order valence-corrected chi connectivity index (χ3v) is 9.76. The van der Waals surface area contributed by atoms with Crippen LogP contribution < -0.4 is 0 Å². The number of carbonyl (C=O) groups excluding carboxylic acids is 1. The average molecular weight is 743 g/mol. The van der Waals surface area contributed by atoms with Crippen LogP contribution >= 0.6 is 0 Å². The van der Waals surface area contributed by atoms with Gasteiger partial charge in [0.1, 0.15) is 24.4 Å². The molecule has 0 N–H and O–H groups in total. The second-order valence-electron chi connectivity index (χ2n) is 13.9. The maximum atomic E-state index is 14.4. The van der Waals surface area contributed by atoms with Gasteiger partial charge < -0.3 is 23.7 Å². The topological polar surface area (TPSA) is 63.2 Å². The minimum absolute atomic E-state index is 0.0951. The molecule has 6 heteroatoms. The standard InChI is InChI=1S/C50H46O6/c51-45(44-29-17-6-18-30-44)33-50(32-31-39-19-7-1-8-20-39)49(55-37-43-27-15-5-16-28-43)48(54-36-42-25-13-4-14-26-42)47(53-35-41-23-11-3-12-24-41)46(56-50)38-52-34-40-21-9-2-10-22-40/h1-30,46-49H,33-38H2/t46-,47-,48+,49-,50+/m1/s1. The highest BCUT2D eigenvalue weighted by Crippen LogP contribution is 2.40. The molecule has 6 aromatic carbocycles. The number of carbonyl (C=O) groups is 1. The minimum atomic E-state index is -1.48. The molecular formula is C50H46O6. The van der Waals surface area contributed by atoms with Gasteiger partial charge in [-0.25, -0.2) is 0 Å². The molecule has 1 aliphatic heterocycles. The average Bonchev–Trinajstić information content (AvgIpc) is 3.26. The zero-order valence-electron chi connectivity index (χ0n) is 31.3. The van der Waals surface area contributed by atoms with Crippen molar-refractivity contribution in [3.05, 3.63) is 215 Å². The van der Waals surface area contributed by atoms with Crippen LogP contribution in [0.15, 0.2) is 182 Å². The van der Waals surface area contributed by atoms with Crippen LogP contribution in [0.4, 0.5) is 0 Å². The van der Waals surface area contributed by atoms with Crippen molar-refractivity contribution in [2.45, 2.75) is 62.9 Å². The molecule has 282 valence electrons. The Labute approximate surface area is 330 Å². The van der Waals surface area contributed by atoms with Crippen molar-refractivity contribution in [3.8, 4) is 11.8 Å². The molecule has 0 spiro atoms. The Kier molecular flexibility index (Phi) is 13.6. The fourth-order valence-electron chi connectivity index (χ4n) is 6.91. The Morgan fingerprint density at radius 1 is 0.518 bits per heavy atom. The van der Waals surface area contributed by atoms with Crippen LogP contribution in [0.5, 0.6) is 0 Å². The molecule has 1 aliphatic rings. The van der Waals surface area contributed by atoms with E-state index in [1.54, 1.807) is 0 Å². The number of hydrogen-bond donors (Lipinski definition) is 0. The molecule has 0 saturated carbocycles. The van der Waals surface area contributed by atoms with Gasteiger partial charge in [0.05, 0.1) is 39.5 Å². The van der Waals surface area contributed by atoms with Gasteiger partial charge in [-0.05, 0) is 34.4 Å². The highest BCUT2D eigenvalue weighted by atomic mass is 16.6. The number of benzene rings is 6. The van der Waals surface area contributed by atoms with Gasteiger partial charge in [-0.1, -0.05) is 182 Å². The van der Waals surface area contributed by atoms with E-state index < -0.39 is 30.0 Å². The predicted molar refractivity (Wildman–Crippen MR) is 217 cm³/mol. The van der Waals surface area contributed by atoms with Crippen LogP contribution in [-0.2, 0) is 50.1 Å². The summed E-state index contributed by atoms with van der Waals surface area (Å²) in [5, 5.41) is 0. The van der Waals surface area contributed by atoms with Gasteiger partial charge in [-0.15, -0.1) is 0 Å². The van der Waals surface area contributed by atoms with E-state index in [-0.39, 0.29) is 32.0 Å². The van der Waals surface area contributed by atoms with E-state index in [2.05, 4.69) is 11.8 Å². The van der Waals surface area contributed by atoms with E-state index in [0.717, 1.165) is 27.8 Å². The Morgan fingerprint density at radius 3 is 1.46 bits per heavy atom. The zero-order chi connectivity index (χ0) is 38.3. The summed E-state index contributed by atoms with van der Waals surface area (Å²) in [4.78, 5) is 14.4. The van der Waals surface area contributed by atoms with Crippen LogP contribution in [0, 0.1) is 11.8 Å². The van der Waals surface area contributed by atoms with Crippen LogP contribution in [0.25, 0.3) is 0 Å². The summed E-state index contributed by atoms with van der Waals surface area (Å²) in [6.07, 6.45) is -3.08. The number of ether oxygens (including phenoxy) is 5. The van der Waals surface area contributed by atoms with Gasteiger partial charge in [0.2, 0.25) is 0 Å². The SMILES string of the molecule is O=C(C[C@]1(C#Cc2ccccc2)O[C@H](COCc2ccccc2)[C@@H](OCc2ccccc2)[C@H](OCc2ccccc2)[C@H]1OCc1ccccc1)c1ccccc1. The van der Waals surface area contributed by atoms with E-state index in [1.807, 2.05) is 182 Å². The zero-order valence-corrected chi connectivity index (χ0v) is 31.3. The molecule has 1 fully saturated rings. The van der Waals surface area contributed by atoms with Crippen molar-refractivity contribution in [1.82, 2.24) is 0 Å². The van der Waals surface area contributed by atoms with Gasteiger partial charge in [-0.3, -0.25) is 4.79 Å². The van der Waals surface area contributed by atoms with Crippen LogP contribution in [0.1, 0.15) is 44.6 Å². The summed E-state index contributed by atoms with van der Waals surface area (Å²) in [5.41, 5.74) is 3.84. The molecule has 0 aliphatic carbocycles. The number of hydrogen-bond acceptors (Lipinski definition) is 6. The van der Waals surface area contributed by atoms with E-state index in [9.17, 15) is 4.79 Å². The molecule has 7 rings (SSSR count). The Morgan fingerprint density at radius 2 is 0.946 bits per heavy atom. The second kappa shape index (κ2) is 19.8. The first-order valence-corrected chi connectivity index (χ1v) is 19.1. The first kappa shape index (κ1) is 38.6. The lowest BCUT2D eigenvalue weighted by Gasteiger charge is -2.50. The van der Waals surface area contributed by atoms with Crippen molar-refractivity contribution in [1.29, 1.82) is 0 Å². The maximum Gasteiger partial charge on any atom is 0.166 e. The van der Waals surface area contributed by atoms with Crippen molar-refractivity contribution in [2.75, 3.05) is 6.61 Å². The van der Waals surface area contributed by atoms with Gasteiger partial charge in [0, 0.05) is 11.1 Å². The number of ketones is 1. The third kappa shape index (κ3) is 10.6. The summed E-state index contributed by atoms with van der Waals surface area (Å²) in [6, 6.07) is 59.0. The summed E-state index contributed by atoms with van der Waals surface area (Å²) in [7, 11) is 0. The molecule has 1 saturated heterocycles. The monoisotopic (exact) mass is 742 g/mol. The molecule has 0 radical (unpaired) electrons. The van der Waals surface area contributed by atoms with Gasteiger partial charge in [-0.2, -0.15) is 0 Å². The van der Waals surface area contributed by atoms with Crippen molar-refractivity contribution >= 4 is 5.78 Å². The first-order valence-electron chi connectivity index (χ1n) is 19.1. The van der Waals surface area contributed by atoms with E-state index in [4.69, 9.17) is 23.7 Å². The summed E-state index contributed by atoms with van der Waals surface area (Å²) < 4.78 is 34.5. The normalized spacial score (nSPS) is 20.4. The highest BCUT2D eigenvalue weighted by Gasteiger charge is 2.57. The van der Waals surface area contributed by atoms with E-state index >= 15 is 0 Å². The molecule has 6 aromatic rings. The van der Waals surface area contributed by atoms with E-state index in [1.165, 1.54) is 0 Å². The van der Waals surface area contributed by atoms with Gasteiger partial charge in [0.15, 0.2) is 11.4 Å². The van der Waals surface area contributed by atoms with Gasteiger partial charge in [0.25, 0.3) is 0 Å². The lowest BCUT2D eigenvalue weighted by Crippen LogP contribution is -2.67. The molecule has 0 aromatic heterocycles. The third-order valence-electron chi connectivity index (χ3n) is 9.76. The number of rotatable bonds is 16. The summed E-state index contributed by atoms with van der Waals surface area (Å²) >= 11 is 0. The minimum Gasteiger partial charge on any atom is -0.374 e. The molecule has 0 bridgehead atoms. The fourth-order valence-corrected chi connectivity index (χ4v) is 6.91. The van der Waals surface area contributed by atoms with Crippen LogP contribution in [0.2, 0.25) is 0 Å². The first-order chi connectivity index (χ1) is 27.6. The fraction of sp³-hybridized carbons (Fsp3) is 0.220. The molecule has 56 heavy (non-hydrogen) atoms. The molecule has 1 heterocycles. The van der Waals surface area contributed by atoms with Crippen molar-refractivity contribution in [3.63, 3.8) is 0 Å². The smallest absolute Gasteiger partial charge is 0.166 e. The summed E-state index contributed by atoms with van der Waals surface area (Å²) in [6.45, 7) is 1.32. The van der Waals surface area contributed by atoms with Gasteiger partial charge >= 0.3 is 0 Å². The second-order valence-corrected chi connectivity index (χ2v) is 13.9. The highest BCUT2D eigenvalue weighted by molar-refractivity contribution is 5.97.